The van der Waals surface area contributed by atoms with Crippen LogP contribution < -0.4 is 4.74 Å². The van der Waals surface area contributed by atoms with Gasteiger partial charge in [-0.3, -0.25) is 4.90 Å². The van der Waals surface area contributed by atoms with E-state index in [1.54, 1.807) is 12.0 Å². The van der Waals surface area contributed by atoms with Gasteiger partial charge >= 0.3 is 6.09 Å². The zero-order valence-electron chi connectivity index (χ0n) is 21.5. The van der Waals surface area contributed by atoms with E-state index < -0.39 is 0 Å². The van der Waals surface area contributed by atoms with Crippen molar-refractivity contribution < 1.29 is 19.0 Å². The highest BCUT2D eigenvalue weighted by atomic mass is 35.5. The van der Waals surface area contributed by atoms with Gasteiger partial charge in [0.2, 0.25) is 0 Å². The highest BCUT2D eigenvalue weighted by Gasteiger charge is 2.35. The van der Waals surface area contributed by atoms with Crippen LogP contribution in [0.5, 0.6) is 5.75 Å². The highest BCUT2D eigenvalue weighted by molar-refractivity contribution is 6.31. The molecule has 1 atom stereocenters. The number of H-pyrrole nitrogens is 1. The summed E-state index contributed by atoms with van der Waals surface area (Å²) in [5.41, 5.74) is 4.22. The Bertz CT molecular complexity index is 1190. The fourth-order valence-electron chi connectivity index (χ4n) is 5.48. The van der Waals surface area contributed by atoms with Crippen molar-refractivity contribution in [2.24, 2.45) is 0 Å². The van der Waals surface area contributed by atoms with Gasteiger partial charge in [0, 0.05) is 35.3 Å². The Kier molecular flexibility index (Phi) is 8.54. The van der Waals surface area contributed by atoms with E-state index in [2.05, 4.69) is 9.88 Å². The van der Waals surface area contributed by atoms with Crippen LogP contribution in [0.2, 0.25) is 5.02 Å². The summed E-state index contributed by atoms with van der Waals surface area (Å²) in [5, 5.41) is 1.81. The van der Waals surface area contributed by atoms with Crippen molar-refractivity contribution in [1.82, 2.24) is 14.8 Å². The zero-order valence-corrected chi connectivity index (χ0v) is 22.3. The number of halogens is 1. The number of nitrogens with one attached hydrogen (secondary N) is 1. The number of ether oxygens (including phenoxy) is 3. The molecule has 1 fully saturated rings. The minimum absolute atomic E-state index is 0.220. The summed E-state index contributed by atoms with van der Waals surface area (Å²) in [6.45, 7) is 5.50. The molecular formula is C29H36ClN3O4. The average Bonchev–Trinajstić information content (AvgIpc) is 3.56. The van der Waals surface area contributed by atoms with Crippen LogP contribution in [0.1, 0.15) is 48.5 Å². The monoisotopic (exact) mass is 525 g/mol. The molecule has 1 aromatic heterocycles. The summed E-state index contributed by atoms with van der Waals surface area (Å²) >= 11 is 6.31. The number of amides is 1. The topological polar surface area (TPSA) is 67.0 Å². The molecule has 3 aromatic rings. The summed E-state index contributed by atoms with van der Waals surface area (Å²) in [4.78, 5) is 21.0. The second-order valence-electron chi connectivity index (χ2n) is 9.83. The van der Waals surface area contributed by atoms with Crippen LogP contribution in [0.3, 0.4) is 0 Å². The molecule has 0 aliphatic carbocycles. The molecule has 0 radical (unpaired) electrons. The summed E-state index contributed by atoms with van der Waals surface area (Å²) in [6, 6.07) is 13.7. The Hall–Kier alpha value is -2.74. The molecule has 1 N–H and O–H groups in total. The molecular weight excluding hydrogens is 490 g/mol. The number of nitrogens with zero attached hydrogens (tertiary/aromatic N) is 2. The summed E-state index contributed by atoms with van der Waals surface area (Å²) in [5.74, 6) is 0.846. The molecule has 0 bridgehead atoms. The minimum atomic E-state index is -0.345. The fraction of sp³-hybridized carbons (Fsp3) is 0.483. The number of methoxy groups -OCH3 is 1. The third kappa shape index (κ3) is 6.06. The van der Waals surface area contributed by atoms with E-state index in [-0.39, 0.29) is 18.7 Å². The molecule has 37 heavy (non-hydrogen) atoms. The number of hydrogen-bond acceptors (Lipinski definition) is 5. The van der Waals surface area contributed by atoms with Crippen LogP contribution in [0.4, 0.5) is 4.79 Å². The standard InChI is InChI=1S/C29H36ClN3O4/c1-35-18-19-37-29(34)33-16-12-24-25-20-22(30)8-11-26(25)31-27(24)28(33)21-6-9-23(10-7-21)36-17-5-4-15-32-13-2-3-14-32/h6-11,20,28,31H,2-5,12-19H2,1H3. The molecule has 5 rings (SSSR count). The lowest BCUT2D eigenvalue weighted by atomic mass is 9.92. The van der Waals surface area contributed by atoms with Gasteiger partial charge in [0.05, 0.1) is 13.2 Å². The van der Waals surface area contributed by atoms with Crippen LogP contribution in [0.15, 0.2) is 42.5 Å². The highest BCUT2D eigenvalue weighted by Crippen LogP contribution is 2.39. The van der Waals surface area contributed by atoms with E-state index >= 15 is 0 Å². The summed E-state index contributed by atoms with van der Waals surface area (Å²) in [7, 11) is 1.59. The molecule has 7 nitrogen and oxygen atoms in total. The van der Waals surface area contributed by atoms with Crippen molar-refractivity contribution in [1.29, 1.82) is 0 Å². The molecule has 2 aliphatic rings. The van der Waals surface area contributed by atoms with Crippen molar-refractivity contribution in [3.63, 3.8) is 0 Å². The van der Waals surface area contributed by atoms with Crippen LogP contribution in [0, 0.1) is 0 Å². The molecule has 0 saturated carbocycles. The van der Waals surface area contributed by atoms with Crippen molar-refractivity contribution in [2.75, 3.05) is 53.1 Å². The van der Waals surface area contributed by atoms with Crippen LogP contribution in [-0.2, 0) is 15.9 Å². The molecule has 1 saturated heterocycles. The van der Waals surface area contributed by atoms with Gasteiger partial charge in [-0.05, 0) is 93.2 Å². The molecule has 2 aliphatic heterocycles. The van der Waals surface area contributed by atoms with Gasteiger partial charge in [-0.1, -0.05) is 23.7 Å². The molecule has 0 spiro atoms. The zero-order chi connectivity index (χ0) is 25.6. The van der Waals surface area contributed by atoms with Gasteiger partial charge in [-0.25, -0.2) is 4.79 Å². The fourth-order valence-corrected chi connectivity index (χ4v) is 5.65. The number of aromatic amines is 1. The van der Waals surface area contributed by atoms with Gasteiger partial charge in [-0.2, -0.15) is 0 Å². The predicted octanol–water partition coefficient (Wildman–Crippen LogP) is 5.81. The lowest BCUT2D eigenvalue weighted by Gasteiger charge is -2.35. The van der Waals surface area contributed by atoms with Crippen molar-refractivity contribution >= 4 is 28.6 Å². The number of likely N-dealkylation sites (tertiary alicyclic amines) is 1. The van der Waals surface area contributed by atoms with Crippen molar-refractivity contribution in [3.8, 4) is 5.75 Å². The Morgan fingerprint density at radius 1 is 1.03 bits per heavy atom. The smallest absolute Gasteiger partial charge is 0.410 e. The Morgan fingerprint density at radius 3 is 2.62 bits per heavy atom. The molecule has 1 unspecified atom stereocenters. The molecule has 1 amide bonds. The predicted molar refractivity (Wildman–Crippen MR) is 146 cm³/mol. The second kappa shape index (κ2) is 12.2. The molecule has 2 aromatic carbocycles. The molecule has 3 heterocycles. The van der Waals surface area contributed by atoms with E-state index in [1.165, 1.54) is 38.0 Å². The van der Waals surface area contributed by atoms with Gasteiger partial charge in [0.15, 0.2) is 0 Å². The Labute approximate surface area is 223 Å². The number of carbonyl (C=O) groups excluding carboxylic acids is 1. The van der Waals surface area contributed by atoms with Crippen LogP contribution >= 0.6 is 11.6 Å². The third-order valence-electron chi connectivity index (χ3n) is 7.37. The van der Waals surface area contributed by atoms with Gasteiger partial charge < -0.3 is 24.1 Å². The first kappa shape index (κ1) is 25.9. The SMILES string of the molecule is COCCOC(=O)N1CCc2c([nH]c3ccc(Cl)cc23)C1c1ccc(OCCCCN2CCCC2)cc1. The van der Waals surface area contributed by atoms with Gasteiger partial charge in [0.1, 0.15) is 18.4 Å². The first-order valence-electron chi connectivity index (χ1n) is 13.3. The van der Waals surface area contributed by atoms with E-state index in [4.69, 9.17) is 25.8 Å². The number of carbonyl (C=O) groups is 1. The largest absolute Gasteiger partial charge is 0.494 e. The van der Waals surface area contributed by atoms with Crippen LogP contribution in [-0.4, -0.2) is 74.0 Å². The number of hydrogen-bond donors (Lipinski definition) is 1. The average molecular weight is 526 g/mol. The van der Waals surface area contributed by atoms with E-state index in [0.29, 0.717) is 24.8 Å². The number of unbranched alkanes of at least 4 members (excludes halogenated alkanes) is 1. The minimum Gasteiger partial charge on any atom is -0.494 e. The first-order valence-corrected chi connectivity index (χ1v) is 13.7. The number of benzene rings is 2. The second-order valence-corrected chi connectivity index (χ2v) is 10.3. The van der Waals surface area contributed by atoms with Crippen molar-refractivity contribution in [3.05, 3.63) is 64.3 Å². The maximum Gasteiger partial charge on any atom is 0.410 e. The number of aromatic nitrogens is 1. The third-order valence-corrected chi connectivity index (χ3v) is 7.60. The number of fused-ring (bicyclic) bond motifs is 3. The normalized spacial score (nSPS) is 17.8. The molecule has 198 valence electrons. The summed E-state index contributed by atoms with van der Waals surface area (Å²) < 4.78 is 16.6. The van der Waals surface area contributed by atoms with E-state index in [9.17, 15) is 4.79 Å². The maximum absolute atomic E-state index is 13.1. The van der Waals surface area contributed by atoms with Crippen molar-refractivity contribution in [2.45, 2.75) is 38.1 Å². The molecule has 8 heteroatoms. The van der Waals surface area contributed by atoms with E-state index in [1.807, 2.05) is 42.5 Å². The quantitative estimate of drug-likeness (QED) is 0.338. The van der Waals surface area contributed by atoms with Crippen LogP contribution in [0.25, 0.3) is 10.9 Å². The van der Waals surface area contributed by atoms with Gasteiger partial charge in [0.25, 0.3) is 0 Å². The Balaban J connectivity index is 1.31. The summed E-state index contributed by atoms with van der Waals surface area (Å²) in [6.07, 6.45) is 5.25. The maximum atomic E-state index is 13.1. The Morgan fingerprint density at radius 2 is 1.84 bits per heavy atom. The van der Waals surface area contributed by atoms with Gasteiger partial charge in [-0.15, -0.1) is 0 Å². The first-order chi connectivity index (χ1) is 18.1. The number of rotatable bonds is 10. The van der Waals surface area contributed by atoms with E-state index in [0.717, 1.165) is 47.2 Å². The lowest BCUT2D eigenvalue weighted by Crippen LogP contribution is -2.41. The lowest BCUT2D eigenvalue weighted by molar-refractivity contribution is 0.0629.